The second-order valence-corrected chi connectivity index (χ2v) is 6.56. The van der Waals surface area contributed by atoms with Crippen LogP contribution in [0.1, 0.15) is 19.4 Å². The molecule has 0 bridgehead atoms. The van der Waals surface area contributed by atoms with Crippen molar-refractivity contribution in [2.24, 2.45) is 0 Å². The van der Waals surface area contributed by atoms with Crippen molar-refractivity contribution in [3.8, 4) is 5.75 Å². The fourth-order valence-electron chi connectivity index (χ4n) is 2.71. The predicted octanol–water partition coefficient (Wildman–Crippen LogP) is 3.03. The second kappa shape index (κ2) is 5.41. The molecule has 1 aromatic heterocycles. The lowest BCUT2D eigenvalue weighted by Gasteiger charge is -2.36. The molecule has 2 heterocycles. The third-order valence-electron chi connectivity index (χ3n) is 3.80. The van der Waals surface area contributed by atoms with Crippen molar-refractivity contribution in [1.29, 1.82) is 0 Å². The molecule has 22 heavy (non-hydrogen) atoms. The van der Waals surface area contributed by atoms with E-state index in [-0.39, 0.29) is 12.2 Å². The molecule has 0 unspecified atom stereocenters. The summed E-state index contributed by atoms with van der Waals surface area (Å²) >= 11 is 3.45. The summed E-state index contributed by atoms with van der Waals surface area (Å²) in [6.07, 6.45) is 1.71. The summed E-state index contributed by atoms with van der Waals surface area (Å²) in [7, 11) is 0. The molecule has 5 heteroatoms. The van der Waals surface area contributed by atoms with Crippen LogP contribution in [-0.4, -0.2) is 21.9 Å². The number of hydrogen-bond acceptors (Lipinski definition) is 3. The average molecular weight is 362 g/mol. The van der Waals surface area contributed by atoms with E-state index in [0.29, 0.717) is 17.0 Å². The molecule has 1 aliphatic rings. The minimum absolute atomic E-state index is 0.146. The van der Waals surface area contributed by atoms with Crippen molar-refractivity contribution in [2.45, 2.75) is 19.4 Å². The van der Waals surface area contributed by atoms with Gasteiger partial charge in [0.1, 0.15) is 11.4 Å². The number of fused-ring (bicyclic) bond motifs is 1. The van der Waals surface area contributed by atoms with Crippen LogP contribution in [0, 0.1) is 0 Å². The molecule has 0 radical (unpaired) electrons. The minimum Gasteiger partial charge on any atom is -0.483 e. The van der Waals surface area contributed by atoms with E-state index in [1.54, 1.807) is 22.9 Å². The maximum Gasteiger partial charge on any atom is 0.255 e. The van der Waals surface area contributed by atoms with E-state index in [1.807, 2.05) is 32.0 Å². The summed E-state index contributed by atoms with van der Waals surface area (Å²) in [6, 6.07) is 10.7. The zero-order chi connectivity index (χ0) is 15.9. The zero-order valence-corrected chi connectivity index (χ0v) is 13.9. The van der Waals surface area contributed by atoms with E-state index in [2.05, 4.69) is 15.9 Å². The van der Waals surface area contributed by atoms with Crippen LogP contribution in [0.25, 0.3) is 5.70 Å². The lowest BCUT2D eigenvalue weighted by atomic mass is 9.90. The van der Waals surface area contributed by atoms with Gasteiger partial charge in [-0.1, -0.05) is 22.0 Å². The number of aliphatic hydroxyl groups is 1. The number of pyridine rings is 1. The number of nitrogens with zero attached hydrogens (tertiary/aromatic N) is 1. The molecular weight excluding hydrogens is 346 g/mol. The first-order valence-electron chi connectivity index (χ1n) is 6.95. The Bertz CT molecular complexity index is 821. The van der Waals surface area contributed by atoms with Gasteiger partial charge >= 0.3 is 0 Å². The molecule has 1 aliphatic heterocycles. The van der Waals surface area contributed by atoms with Gasteiger partial charge in [-0.15, -0.1) is 0 Å². The molecule has 0 saturated carbocycles. The van der Waals surface area contributed by atoms with Gasteiger partial charge in [0.15, 0.2) is 0 Å². The Morgan fingerprint density at radius 1 is 1.27 bits per heavy atom. The number of hydrogen-bond donors (Lipinski definition) is 1. The SMILES string of the molecule is CC1(C)Oc2ccc(Br)cc2C(n2ccccc2=O)=C1CO. The number of rotatable bonds is 2. The summed E-state index contributed by atoms with van der Waals surface area (Å²) < 4.78 is 8.45. The second-order valence-electron chi connectivity index (χ2n) is 5.65. The summed E-state index contributed by atoms with van der Waals surface area (Å²) in [5.74, 6) is 0.691. The molecule has 114 valence electrons. The smallest absolute Gasteiger partial charge is 0.255 e. The number of aromatic nitrogens is 1. The standard InChI is InChI=1S/C17H16BrNO3/c1-17(2)13(10-20)16(19-8-4-3-5-15(19)21)12-9-11(18)6-7-14(12)22-17/h3-9,20H,10H2,1-2H3. The van der Waals surface area contributed by atoms with Crippen LogP contribution in [0.4, 0.5) is 0 Å². The number of halogens is 1. The Hall–Kier alpha value is -1.85. The summed E-state index contributed by atoms with van der Waals surface area (Å²) in [4.78, 5) is 12.3. The van der Waals surface area contributed by atoms with Gasteiger partial charge in [-0.05, 0) is 38.1 Å². The molecule has 2 aromatic rings. The highest BCUT2D eigenvalue weighted by molar-refractivity contribution is 9.10. The predicted molar refractivity (Wildman–Crippen MR) is 89.0 cm³/mol. The van der Waals surface area contributed by atoms with Crippen LogP contribution in [0.5, 0.6) is 5.75 Å². The topological polar surface area (TPSA) is 51.5 Å². The third kappa shape index (κ3) is 2.40. The van der Waals surface area contributed by atoms with Crippen molar-refractivity contribution in [2.75, 3.05) is 6.61 Å². The third-order valence-corrected chi connectivity index (χ3v) is 4.29. The summed E-state index contributed by atoms with van der Waals surface area (Å²) in [5, 5.41) is 9.88. The highest BCUT2D eigenvalue weighted by Crippen LogP contribution is 2.41. The number of benzene rings is 1. The Balaban J connectivity index is 2.40. The molecule has 0 fully saturated rings. The van der Waals surface area contributed by atoms with Crippen molar-refractivity contribution in [3.63, 3.8) is 0 Å². The van der Waals surface area contributed by atoms with Gasteiger partial charge in [-0.3, -0.25) is 9.36 Å². The van der Waals surface area contributed by atoms with E-state index < -0.39 is 5.60 Å². The van der Waals surface area contributed by atoms with Crippen molar-refractivity contribution >= 4 is 21.6 Å². The van der Waals surface area contributed by atoms with Gasteiger partial charge in [0, 0.05) is 27.9 Å². The zero-order valence-electron chi connectivity index (χ0n) is 12.3. The van der Waals surface area contributed by atoms with Gasteiger partial charge in [-0.2, -0.15) is 0 Å². The van der Waals surface area contributed by atoms with Crippen molar-refractivity contribution in [3.05, 3.63) is 68.6 Å². The molecule has 0 amide bonds. The fourth-order valence-corrected chi connectivity index (χ4v) is 3.07. The minimum atomic E-state index is -0.694. The van der Waals surface area contributed by atoms with Crippen LogP contribution in [0.2, 0.25) is 0 Å². The van der Waals surface area contributed by atoms with E-state index in [4.69, 9.17) is 4.74 Å². The number of aliphatic hydroxyl groups excluding tert-OH is 1. The Morgan fingerprint density at radius 2 is 2.05 bits per heavy atom. The quantitative estimate of drug-likeness (QED) is 0.894. The first-order chi connectivity index (χ1) is 10.4. The molecule has 0 spiro atoms. The Morgan fingerprint density at radius 3 is 2.73 bits per heavy atom. The molecule has 0 aliphatic carbocycles. The van der Waals surface area contributed by atoms with Gasteiger partial charge in [0.05, 0.1) is 12.3 Å². The lowest BCUT2D eigenvalue weighted by molar-refractivity contribution is 0.126. The molecule has 1 aromatic carbocycles. The van der Waals surface area contributed by atoms with Crippen LogP contribution in [0.15, 0.2) is 57.4 Å². The van der Waals surface area contributed by atoms with Gasteiger partial charge in [-0.25, -0.2) is 0 Å². The largest absolute Gasteiger partial charge is 0.483 e. The van der Waals surface area contributed by atoms with Crippen LogP contribution >= 0.6 is 15.9 Å². The highest BCUT2D eigenvalue weighted by atomic mass is 79.9. The van der Waals surface area contributed by atoms with E-state index >= 15 is 0 Å². The molecule has 0 atom stereocenters. The first kappa shape index (κ1) is 15.1. The van der Waals surface area contributed by atoms with Crippen LogP contribution in [-0.2, 0) is 0 Å². The fraction of sp³-hybridized carbons (Fsp3) is 0.235. The Kier molecular flexibility index (Phi) is 3.70. The van der Waals surface area contributed by atoms with Crippen molar-refractivity contribution < 1.29 is 9.84 Å². The summed E-state index contributed by atoms with van der Waals surface area (Å²) in [6.45, 7) is 3.59. The van der Waals surface area contributed by atoms with Gasteiger partial charge in [0.25, 0.3) is 5.56 Å². The van der Waals surface area contributed by atoms with E-state index in [9.17, 15) is 9.90 Å². The average Bonchev–Trinajstić information content (AvgIpc) is 2.47. The van der Waals surface area contributed by atoms with E-state index in [0.717, 1.165) is 10.0 Å². The van der Waals surface area contributed by atoms with Gasteiger partial charge in [0.2, 0.25) is 0 Å². The highest BCUT2D eigenvalue weighted by Gasteiger charge is 2.35. The molecular formula is C17H16BrNO3. The summed E-state index contributed by atoms with van der Waals surface area (Å²) in [5.41, 5.74) is 1.30. The van der Waals surface area contributed by atoms with Crippen LogP contribution < -0.4 is 10.3 Å². The molecule has 3 rings (SSSR count). The van der Waals surface area contributed by atoms with Gasteiger partial charge < -0.3 is 9.84 Å². The maximum absolute atomic E-state index is 12.3. The molecule has 1 N–H and O–H groups in total. The normalized spacial score (nSPS) is 16.2. The number of ether oxygens (including phenoxy) is 1. The first-order valence-corrected chi connectivity index (χ1v) is 7.75. The van der Waals surface area contributed by atoms with Crippen molar-refractivity contribution in [1.82, 2.24) is 4.57 Å². The molecule has 4 nitrogen and oxygen atoms in total. The maximum atomic E-state index is 12.3. The van der Waals surface area contributed by atoms with E-state index in [1.165, 1.54) is 6.07 Å². The Labute approximate surface area is 136 Å². The molecule has 0 saturated heterocycles. The monoisotopic (exact) mass is 361 g/mol. The van der Waals surface area contributed by atoms with Crippen LogP contribution in [0.3, 0.4) is 0 Å². The lowest BCUT2D eigenvalue weighted by Crippen LogP contribution is -2.38.